The molecule has 0 spiro atoms. The fraction of sp³-hybridized carbons (Fsp3) is 1.00. The molecule has 3 nitrogen and oxygen atoms in total. The Labute approximate surface area is 43.7 Å². The SMILES string of the molecule is CC(C)(C)N(N)[O-]. The summed E-state index contributed by atoms with van der Waals surface area (Å²) in [5.74, 6) is 4.85. The number of hydroxylamine groups is 1. The molecule has 0 atom stereocenters. The van der Waals surface area contributed by atoms with Crippen LogP contribution in [0.25, 0.3) is 0 Å². The predicted molar refractivity (Wildman–Crippen MR) is 29.1 cm³/mol. The molecule has 0 amide bonds. The molecule has 44 valence electrons. The van der Waals surface area contributed by atoms with Gasteiger partial charge in [-0.3, -0.25) is 5.84 Å². The summed E-state index contributed by atoms with van der Waals surface area (Å²) in [6.07, 6.45) is 0. The average Bonchev–Trinajstić information content (AvgIpc) is 1.31. The van der Waals surface area contributed by atoms with Crippen LogP contribution < -0.4 is 5.84 Å². The van der Waals surface area contributed by atoms with E-state index >= 15 is 0 Å². The van der Waals surface area contributed by atoms with Gasteiger partial charge >= 0.3 is 0 Å². The van der Waals surface area contributed by atoms with Gasteiger partial charge in [0.05, 0.1) is 0 Å². The third kappa shape index (κ3) is 2.56. The lowest BCUT2D eigenvalue weighted by Gasteiger charge is -2.36. The van der Waals surface area contributed by atoms with Gasteiger partial charge in [0, 0.05) is 5.54 Å². The van der Waals surface area contributed by atoms with E-state index in [2.05, 4.69) is 0 Å². The molecule has 0 aromatic rings. The zero-order chi connectivity index (χ0) is 6.08. The van der Waals surface area contributed by atoms with E-state index in [4.69, 9.17) is 5.84 Å². The van der Waals surface area contributed by atoms with E-state index in [9.17, 15) is 5.21 Å². The molecular weight excluding hydrogens is 92.1 g/mol. The van der Waals surface area contributed by atoms with Crippen LogP contribution in [0.2, 0.25) is 0 Å². The zero-order valence-corrected chi connectivity index (χ0v) is 4.93. The van der Waals surface area contributed by atoms with Gasteiger partial charge in [-0.2, -0.15) is 0 Å². The first kappa shape index (κ1) is 6.88. The second-order valence-corrected chi connectivity index (χ2v) is 2.50. The van der Waals surface area contributed by atoms with Gasteiger partial charge in [-0.25, -0.2) is 0 Å². The lowest BCUT2D eigenvalue weighted by Crippen LogP contribution is -2.41. The van der Waals surface area contributed by atoms with Gasteiger partial charge in [-0.1, -0.05) is 0 Å². The summed E-state index contributed by atoms with van der Waals surface area (Å²) < 4.78 is 0. The highest BCUT2D eigenvalue weighted by molar-refractivity contribution is 4.70. The Bertz CT molecular complexity index is 55.2. The van der Waals surface area contributed by atoms with Gasteiger partial charge in [-0.15, -0.1) is 0 Å². The van der Waals surface area contributed by atoms with E-state index in [1.807, 2.05) is 0 Å². The molecule has 0 saturated carbocycles. The standard InChI is InChI=1S/C4H11N2O/c1-4(2,3)6(5)7/h5H2,1-3H3/q-1. The molecule has 2 N–H and O–H groups in total. The maximum Gasteiger partial charge on any atom is 0.0132 e. The van der Waals surface area contributed by atoms with Crippen LogP contribution in [0.1, 0.15) is 20.8 Å². The Balaban J connectivity index is 3.54. The third-order valence-corrected chi connectivity index (χ3v) is 0.661. The van der Waals surface area contributed by atoms with Crippen molar-refractivity contribution < 1.29 is 0 Å². The summed E-state index contributed by atoms with van der Waals surface area (Å²) in [6, 6.07) is 0. The average molecular weight is 103 g/mol. The lowest BCUT2D eigenvalue weighted by molar-refractivity contribution is 0.211. The monoisotopic (exact) mass is 103 g/mol. The Hall–Kier alpha value is -0.120. The van der Waals surface area contributed by atoms with E-state index in [1.54, 1.807) is 20.8 Å². The Kier molecular flexibility index (Phi) is 1.75. The summed E-state index contributed by atoms with van der Waals surface area (Å²) in [5, 5.41) is 10.6. The summed E-state index contributed by atoms with van der Waals surface area (Å²) in [4.78, 5) is 0. The fourth-order valence-electron chi connectivity index (χ4n) is 0. The van der Waals surface area contributed by atoms with Crippen LogP contribution in [0, 0.1) is 5.21 Å². The van der Waals surface area contributed by atoms with Gasteiger partial charge in [-0.05, 0) is 20.8 Å². The quantitative estimate of drug-likeness (QED) is 0.358. The number of hydrogen-bond acceptors (Lipinski definition) is 3. The van der Waals surface area contributed by atoms with Crippen LogP contribution in [-0.4, -0.2) is 10.7 Å². The van der Waals surface area contributed by atoms with Gasteiger partial charge in [0.25, 0.3) is 0 Å². The van der Waals surface area contributed by atoms with E-state index in [0.717, 1.165) is 0 Å². The summed E-state index contributed by atoms with van der Waals surface area (Å²) >= 11 is 0. The number of nitrogens with two attached hydrogens (primary N) is 1. The number of hydrazine groups is 1. The minimum atomic E-state index is -0.444. The normalized spacial score (nSPS) is 12.9. The lowest BCUT2D eigenvalue weighted by atomic mass is 10.1. The largest absolute Gasteiger partial charge is 0.771 e. The van der Waals surface area contributed by atoms with Crippen molar-refractivity contribution in [2.45, 2.75) is 26.3 Å². The molecule has 0 bridgehead atoms. The van der Waals surface area contributed by atoms with Crippen molar-refractivity contribution in [3.63, 3.8) is 0 Å². The highest BCUT2D eigenvalue weighted by Gasteiger charge is 2.06. The molecule has 0 heterocycles. The van der Waals surface area contributed by atoms with Crippen LogP contribution in [0.3, 0.4) is 0 Å². The zero-order valence-electron chi connectivity index (χ0n) is 4.93. The van der Waals surface area contributed by atoms with Crippen molar-refractivity contribution in [2.75, 3.05) is 0 Å². The highest BCUT2D eigenvalue weighted by atomic mass is 16.5. The summed E-state index contributed by atoms with van der Waals surface area (Å²) in [7, 11) is 0. The molecule has 0 rings (SSSR count). The van der Waals surface area contributed by atoms with E-state index < -0.39 is 5.54 Å². The van der Waals surface area contributed by atoms with E-state index in [0.29, 0.717) is 5.17 Å². The summed E-state index contributed by atoms with van der Waals surface area (Å²) in [6.45, 7) is 5.25. The smallest absolute Gasteiger partial charge is 0.0132 e. The molecule has 0 aromatic heterocycles. The molecule has 0 aliphatic heterocycles. The van der Waals surface area contributed by atoms with Crippen LogP contribution in [0.4, 0.5) is 0 Å². The van der Waals surface area contributed by atoms with Gasteiger partial charge in [0.1, 0.15) is 0 Å². The fourth-order valence-corrected chi connectivity index (χ4v) is 0. The maximum atomic E-state index is 10.2. The minimum Gasteiger partial charge on any atom is -0.771 e. The van der Waals surface area contributed by atoms with Crippen molar-refractivity contribution in [3.05, 3.63) is 5.21 Å². The molecule has 0 aromatic carbocycles. The number of rotatable bonds is 0. The maximum absolute atomic E-state index is 10.2. The first-order valence-corrected chi connectivity index (χ1v) is 2.16. The highest BCUT2D eigenvalue weighted by Crippen LogP contribution is 2.04. The van der Waals surface area contributed by atoms with Gasteiger partial charge < -0.3 is 10.4 Å². The predicted octanol–water partition coefficient (Wildman–Crippen LogP) is 0.458. The Morgan fingerprint density at radius 1 is 1.43 bits per heavy atom. The second kappa shape index (κ2) is 1.78. The first-order chi connectivity index (χ1) is 2.94. The van der Waals surface area contributed by atoms with E-state index in [-0.39, 0.29) is 0 Å². The molecule has 0 aliphatic carbocycles. The Morgan fingerprint density at radius 2 is 1.57 bits per heavy atom. The molecule has 7 heavy (non-hydrogen) atoms. The first-order valence-electron chi connectivity index (χ1n) is 2.16. The van der Waals surface area contributed by atoms with Crippen LogP contribution in [-0.2, 0) is 0 Å². The van der Waals surface area contributed by atoms with Crippen molar-refractivity contribution in [3.8, 4) is 0 Å². The molecule has 0 saturated heterocycles. The van der Waals surface area contributed by atoms with Crippen molar-refractivity contribution >= 4 is 0 Å². The van der Waals surface area contributed by atoms with Crippen LogP contribution in [0.15, 0.2) is 0 Å². The Morgan fingerprint density at radius 3 is 1.57 bits per heavy atom. The number of nitrogens with zero attached hydrogens (tertiary/aromatic N) is 1. The topological polar surface area (TPSA) is 52.3 Å². The van der Waals surface area contributed by atoms with Crippen LogP contribution in [0.5, 0.6) is 0 Å². The molecule has 0 fully saturated rings. The summed E-state index contributed by atoms with van der Waals surface area (Å²) in [5.41, 5.74) is -0.444. The van der Waals surface area contributed by atoms with Crippen molar-refractivity contribution in [1.82, 2.24) is 5.17 Å². The van der Waals surface area contributed by atoms with E-state index in [1.165, 1.54) is 0 Å². The molecule has 0 aliphatic rings. The van der Waals surface area contributed by atoms with Gasteiger partial charge in [0.15, 0.2) is 0 Å². The third-order valence-electron chi connectivity index (χ3n) is 0.661. The van der Waals surface area contributed by atoms with Crippen LogP contribution >= 0.6 is 0 Å². The molecule has 0 unspecified atom stereocenters. The van der Waals surface area contributed by atoms with Crippen molar-refractivity contribution in [1.29, 1.82) is 0 Å². The van der Waals surface area contributed by atoms with Gasteiger partial charge in [0.2, 0.25) is 0 Å². The minimum absolute atomic E-state index is 0.438. The molecule has 3 heteroatoms. The van der Waals surface area contributed by atoms with Crippen molar-refractivity contribution in [2.24, 2.45) is 5.84 Å². The second-order valence-electron chi connectivity index (χ2n) is 2.50. The molecule has 0 radical (unpaired) electrons. The molecular formula is C4H11N2O-. The number of hydrogen-bond donors (Lipinski definition) is 1.